The van der Waals surface area contributed by atoms with Crippen LogP contribution in [0.1, 0.15) is 11.4 Å². The predicted octanol–water partition coefficient (Wildman–Crippen LogP) is 3.87. The fraction of sp³-hybridized carbons (Fsp3) is 0.125. The Bertz CT molecular complexity index is 1270. The van der Waals surface area contributed by atoms with Crippen molar-refractivity contribution in [3.63, 3.8) is 0 Å². The Morgan fingerprint density at radius 3 is 2.76 bits per heavy atom. The first-order valence-electron chi connectivity index (χ1n) is 10.3. The number of aromatic nitrogens is 4. The van der Waals surface area contributed by atoms with E-state index in [1.54, 1.807) is 36.8 Å². The molecule has 9 heteroatoms. The normalized spacial score (nSPS) is 11.0. The number of carbonyl (C=O) groups excluding carboxylic acids is 1. The molecule has 0 radical (unpaired) electrons. The summed E-state index contributed by atoms with van der Waals surface area (Å²) in [6, 6.07) is 18.0. The van der Waals surface area contributed by atoms with E-state index in [9.17, 15) is 4.79 Å². The van der Waals surface area contributed by atoms with Crippen LogP contribution in [0, 0.1) is 0 Å². The Balaban J connectivity index is 1.37. The van der Waals surface area contributed by atoms with E-state index in [2.05, 4.69) is 55.8 Å². The molecule has 0 saturated carbocycles. The number of hydrogen-bond donors (Lipinski definition) is 2. The number of benzene rings is 2. The highest BCUT2D eigenvalue weighted by atomic mass is 32.2. The third kappa shape index (κ3) is 5.83. The van der Waals surface area contributed by atoms with E-state index in [4.69, 9.17) is 0 Å². The van der Waals surface area contributed by atoms with Crippen molar-refractivity contribution in [1.29, 1.82) is 0 Å². The zero-order valence-electron chi connectivity index (χ0n) is 17.9. The van der Waals surface area contributed by atoms with Crippen molar-refractivity contribution < 1.29 is 4.79 Å². The lowest BCUT2D eigenvalue weighted by molar-refractivity contribution is -0.118. The fourth-order valence-electron chi connectivity index (χ4n) is 3.21. The van der Waals surface area contributed by atoms with Crippen molar-refractivity contribution in [3.05, 3.63) is 91.0 Å². The van der Waals surface area contributed by atoms with Crippen LogP contribution in [0.4, 0.5) is 5.69 Å². The molecule has 33 heavy (non-hydrogen) atoms. The molecule has 0 aliphatic carbocycles. The van der Waals surface area contributed by atoms with Crippen molar-refractivity contribution in [2.24, 2.45) is 5.10 Å². The maximum atomic E-state index is 12.2. The summed E-state index contributed by atoms with van der Waals surface area (Å²) < 4.78 is 1.95. The molecule has 166 valence electrons. The summed E-state index contributed by atoms with van der Waals surface area (Å²) in [4.78, 5) is 16.1. The molecule has 0 unspecified atom stereocenters. The van der Waals surface area contributed by atoms with Gasteiger partial charge in [0.1, 0.15) is 0 Å². The smallest absolute Gasteiger partial charge is 0.250 e. The molecule has 0 spiro atoms. The van der Waals surface area contributed by atoms with Gasteiger partial charge in [-0.2, -0.15) is 5.10 Å². The van der Waals surface area contributed by atoms with Crippen LogP contribution in [-0.4, -0.2) is 37.6 Å². The molecule has 0 bridgehead atoms. The Labute approximate surface area is 195 Å². The van der Waals surface area contributed by atoms with Gasteiger partial charge in [0.15, 0.2) is 11.0 Å². The van der Waals surface area contributed by atoms with Gasteiger partial charge in [-0.15, -0.1) is 16.8 Å². The molecule has 4 aromatic rings. The summed E-state index contributed by atoms with van der Waals surface area (Å²) in [5, 5.41) is 19.0. The quantitative estimate of drug-likeness (QED) is 0.162. The molecule has 2 aromatic heterocycles. The summed E-state index contributed by atoms with van der Waals surface area (Å²) in [6.45, 7) is 4.88. The SMILES string of the molecule is C=CCn1c(CNc2cccc3ccccc23)nnc1SCC(=O)N/N=C\c1ccncc1. The highest BCUT2D eigenvalue weighted by Crippen LogP contribution is 2.24. The van der Waals surface area contributed by atoms with E-state index in [1.165, 1.54) is 17.1 Å². The van der Waals surface area contributed by atoms with Gasteiger partial charge >= 0.3 is 0 Å². The highest BCUT2D eigenvalue weighted by Gasteiger charge is 2.13. The number of rotatable bonds is 10. The summed E-state index contributed by atoms with van der Waals surface area (Å²) in [6.07, 6.45) is 6.69. The van der Waals surface area contributed by atoms with Crippen molar-refractivity contribution in [2.75, 3.05) is 11.1 Å². The highest BCUT2D eigenvalue weighted by molar-refractivity contribution is 7.99. The molecule has 0 fully saturated rings. The number of allylic oxidation sites excluding steroid dienone is 1. The van der Waals surface area contributed by atoms with Gasteiger partial charge in [-0.1, -0.05) is 54.2 Å². The first kappa shape index (κ1) is 22.2. The molecular formula is C24H23N7OS. The monoisotopic (exact) mass is 457 g/mol. The van der Waals surface area contributed by atoms with Crippen LogP contribution >= 0.6 is 11.8 Å². The minimum atomic E-state index is -0.228. The van der Waals surface area contributed by atoms with Gasteiger partial charge in [-0.3, -0.25) is 9.78 Å². The molecule has 2 heterocycles. The van der Waals surface area contributed by atoms with Crippen LogP contribution in [0.2, 0.25) is 0 Å². The summed E-state index contributed by atoms with van der Waals surface area (Å²) in [5.41, 5.74) is 4.41. The number of carbonyl (C=O) groups is 1. The maximum absolute atomic E-state index is 12.2. The molecule has 0 atom stereocenters. The van der Waals surface area contributed by atoms with Crippen molar-refractivity contribution in [2.45, 2.75) is 18.2 Å². The number of anilines is 1. The number of amides is 1. The van der Waals surface area contributed by atoms with Gasteiger partial charge in [-0.05, 0) is 29.1 Å². The summed E-state index contributed by atoms with van der Waals surface area (Å²) >= 11 is 1.30. The zero-order valence-corrected chi connectivity index (χ0v) is 18.7. The predicted molar refractivity (Wildman–Crippen MR) is 132 cm³/mol. The lowest BCUT2D eigenvalue weighted by atomic mass is 10.1. The van der Waals surface area contributed by atoms with E-state index in [0.717, 1.165) is 22.5 Å². The Kier molecular flexibility index (Phi) is 7.44. The van der Waals surface area contributed by atoms with E-state index >= 15 is 0 Å². The van der Waals surface area contributed by atoms with Gasteiger partial charge in [0.25, 0.3) is 5.91 Å². The van der Waals surface area contributed by atoms with Crippen LogP contribution in [0.5, 0.6) is 0 Å². The molecule has 4 rings (SSSR count). The largest absolute Gasteiger partial charge is 0.377 e. The fourth-order valence-corrected chi connectivity index (χ4v) is 3.97. The second-order valence-corrected chi connectivity index (χ2v) is 7.98. The molecule has 0 saturated heterocycles. The first-order chi connectivity index (χ1) is 16.2. The van der Waals surface area contributed by atoms with Gasteiger partial charge in [0, 0.05) is 30.0 Å². The molecule has 1 amide bonds. The first-order valence-corrected chi connectivity index (χ1v) is 11.3. The third-order valence-electron chi connectivity index (χ3n) is 4.77. The minimum absolute atomic E-state index is 0.166. The van der Waals surface area contributed by atoms with Crippen LogP contribution in [-0.2, 0) is 17.9 Å². The van der Waals surface area contributed by atoms with Crippen LogP contribution in [0.3, 0.4) is 0 Å². The number of hydrogen-bond acceptors (Lipinski definition) is 7. The van der Waals surface area contributed by atoms with Crippen LogP contribution < -0.4 is 10.7 Å². The van der Waals surface area contributed by atoms with Gasteiger partial charge < -0.3 is 9.88 Å². The molecular weight excluding hydrogens is 434 g/mol. The molecule has 0 aliphatic heterocycles. The molecule has 8 nitrogen and oxygen atoms in total. The maximum Gasteiger partial charge on any atom is 0.250 e. The summed E-state index contributed by atoms with van der Waals surface area (Å²) in [5.74, 6) is 0.704. The average Bonchev–Trinajstić information content (AvgIpc) is 3.23. The Hall–Kier alpha value is -3.98. The van der Waals surface area contributed by atoms with Crippen LogP contribution in [0.25, 0.3) is 10.8 Å². The van der Waals surface area contributed by atoms with Crippen molar-refractivity contribution in [1.82, 2.24) is 25.2 Å². The van der Waals surface area contributed by atoms with E-state index in [0.29, 0.717) is 18.2 Å². The van der Waals surface area contributed by atoms with Gasteiger partial charge in [0.05, 0.1) is 18.5 Å². The third-order valence-corrected chi connectivity index (χ3v) is 5.74. The number of thioether (sulfide) groups is 1. The number of fused-ring (bicyclic) bond motifs is 1. The topological polar surface area (TPSA) is 97.1 Å². The Morgan fingerprint density at radius 2 is 1.91 bits per heavy atom. The van der Waals surface area contributed by atoms with E-state index in [1.807, 2.05) is 28.8 Å². The van der Waals surface area contributed by atoms with Crippen molar-refractivity contribution >= 4 is 40.3 Å². The number of nitrogens with one attached hydrogen (secondary N) is 2. The second-order valence-electron chi connectivity index (χ2n) is 7.04. The minimum Gasteiger partial charge on any atom is -0.377 e. The van der Waals surface area contributed by atoms with Gasteiger partial charge in [-0.25, -0.2) is 5.43 Å². The molecule has 0 aliphatic rings. The average molecular weight is 458 g/mol. The van der Waals surface area contributed by atoms with E-state index in [-0.39, 0.29) is 11.7 Å². The number of nitrogens with zero attached hydrogens (tertiary/aromatic N) is 5. The second kappa shape index (κ2) is 11.1. The lowest BCUT2D eigenvalue weighted by Gasteiger charge is -2.11. The standard InChI is InChI=1S/C24H23N7OS/c1-2-14-31-22(16-26-21-9-5-7-19-6-3-4-8-20(19)21)28-30-24(31)33-17-23(32)29-27-15-18-10-12-25-13-11-18/h2-13,15,26H,1,14,16-17H2,(H,29,32)/b27-15-. The van der Waals surface area contributed by atoms with Gasteiger partial charge in [0.2, 0.25) is 0 Å². The van der Waals surface area contributed by atoms with E-state index < -0.39 is 0 Å². The summed E-state index contributed by atoms with van der Waals surface area (Å²) in [7, 11) is 0. The zero-order chi connectivity index (χ0) is 22.9. The Morgan fingerprint density at radius 1 is 1.09 bits per heavy atom. The lowest BCUT2D eigenvalue weighted by Crippen LogP contribution is -2.20. The number of pyridine rings is 1. The molecule has 2 N–H and O–H groups in total. The van der Waals surface area contributed by atoms with Crippen molar-refractivity contribution in [3.8, 4) is 0 Å². The molecule has 2 aromatic carbocycles. The van der Waals surface area contributed by atoms with Crippen LogP contribution in [0.15, 0.2) is 89.9 Å². The number of hydrazone groups is 1.